The van der Waals surface area contributed by atoms with Gasteiger partial charge in [-0.25, -0.2) is 5.43 Å². The van der Waals surface area contributed by atoms with Crippen LogP contribution in [0.25, 0.3) is 0 Å². The van der Waals surface area contributed by atoms with Crippen molar-refractivity contribution < 1.29 is 23.9 Å². The van der Waals surface area contributed by atoms with Crippen molar-refractivity contribution in [2.24, 2.45) is 5.10 Å². The van der Waals surface area contributed by atoms with E-state index in [0.29, 0.717) is 29.4 Å². The number of nitrogens with zero attached hydrogens (tertiary/aromatic N) is 2. The van der Waals surface area contributed by atoms with Crippen molar-refractivity contribution in [3.05, 3.63) is 93.5 Å². The normalized spacial score (nSPS) is 10.6. The molecule has 0 aromatic heterocycles. The quantitative estimate of drug-likeness (QED) is 0.280. The molecule has 0 aliphatic carbocycles. The number of amides is 1. The Morgan fingerprint density at radius 1 is 1.06 bits per heavy atom. The highest BCUT2D eigenvalue weighted by molar-refractivity contribution is 5.95. The first-order valence-corrected chi connectivity index (χ1v) is 10.1. The van der Waals surface area contributed by atoms with E-state index in [4.69, 9.17) is 14.2 Å². The van der Waals surface area contributed by atoms with E-state index < -0.39 is 10.8 Å². The minimum Gasteiger partial charge on any atom is -0.493 e. The summed E-state index contributed by atoms with van der Waals surface area (Å²) in [6, 6.07) is 18.2. The van der Waals surface area contributed by atoms with Gasteiger partial charge in [-0.2, -0.15) is 5.10 Å². The lowest BCUT2D eigenvalue weighted by Gasteiger charge is -2.10. The Morgan fingerprint density at radius 3 is 2.55 bits per heavy atom. The number of nitro groups is 1. The molecule has 0 fully saturated rings. The molecule has 0 radical (unpaired) electrons. The highest BCUT2D eigenvalue weighted by Gasteiger charge is 2.10. The minimum absolute atomic E-state index is 0.0303. The zero-order valence-electron chi connectivity index (χ0n) is 18.2. The van der Waals surface area contributed by atoms with Crippen LogP contribution >= 0.6 is 0 Å². The van der Waals surface area contributed by atoms with Crippen LogP contribution < -0.4 is 19.6 Å². The summed E-state index contributed by atoms with van der Waals surface area (Å²) in [5.74, 6) is 1.23. The Morgan fingerprint density at radius 2 is 1.85 bits per heavy atom. The Bertz CT molecular complexity index is 1150. The average molecular weight is 449 g/mol. The van der Waals surface area contributed by atoms with Gasteiger partial charge >= 0.3 is 0 Å². The number of non-ortho nitro benzene ring substituents is 1. The van der Waals surface area contributed by atoms with E-state index in [1.807, 2.05) is 13.0 Å². The maximum atomic E-state index is 12.4. The van der Waals surface area contributed by atoms with E-state index in [9.17, 15) is 14.9 Å². The second-order valence-corrected chi connectivity index (χ2v) is 6.78. The number of hydrogen-bond donors (Lipinski definition) is 1. The Labute approximate surface area is 190 Å². The SMILES string of the molecule is CCOc1ccc(C(=O)N/N=C/c2cccc(OCc3ccc([N+](=O)[O-])cc3)c2)cc1OC. The third-order valence-electron chi connectivity index (χ3n) is 4.52. The molecular weight excluding hydrogens is 426 g/mol. The molecular formula is C24H23N3O6. The van der Waals surface area contributed by atoms with E-state index in [-0.39, 0.29) is 12.3 Å². The van der Waals surface area contributed by atoms with Gasteiger partial charge in [0.05, 0.1) is 24.9 Å². The van der Waals surface area contributed by atoms with Crippen LogP contribution in [0.2, 0.25) is 0 Å². The Kier molecular flexibility index (Phi) is 7.96. The number of carbonyl (C=O) groups is 1. The number of rotatable bonds is 10. The molecule has 0 heterocycles. The van der Waals surface area contributed by atoms with Crippen molar-refractivity contribution in [3.63, 3.8) is 0 Å². The first-order chi connectivity index (χ1) is 16.0. The van der Waals surface area contributed by atoms with Gasteiger partial charge in [-0.3, -0.25) is 14.9 Å². The number of nitro benzene ring substituents is 1. The summed E-state index contributed by atoms with van der Waals surface area (Å²) in [4.78, 5) is 22.7. The van der Waals surface area contributed by atoms with E-state index in [1.165, 1.54) is 25.5 Å². The highest BCUT2D eigenvalue weighted by atomic mass is 16.6. The van der Waals surface area contributed by atoms with Crippen LogP contribution in [-0.2, 0) is 6.61 Å². The first kappa shape index (κ1) is 23.3. The molecule has 9 heteroatoms. The van der Waals surface area contributed by atoms with Gasteiger partial charge in [0.2, 0.25) is 0 Å². The van der Waals surface area contributed by atoms with Crippen molar-refractivity contribution >= 4 is 17.8 Å². The van der Waals surface area contributed by atoms with Crippen molar-refractivity contribution in [3.8, 4) is 17.2 Å². The topological polar surface area (TPSA) is 112 Å². The number of carbonyl (C=O) groups excluding carboxylic acids is 1. The summed E-state index contributed by atoms with van der Waals surface area (Å²) in [6.45, 7) is 2.61. The number of methoxy groups -OCH3 is 1. The van der Waals surface area contributed by atoms with Crippen LogP contribution in [0.4, 0.5) is 5.69 Å². The average Bonchev–Trinajstić information content (AvgIpc) is 2.83. The summed E-state index contributed by atoms with van der Waals surface area (Å²) >= 11 is 0. The van der Waals surface area contributed by atoms with E-state index >= 15 is 0 Å². The van der Waals surface area contributed by atoms with Gasteiger partial charge in [-0.1, -0.05) is 12.1 Å². The Hall–Kier alpha value is -4.40. The maximum absolute atomic E-state index is 12.4. The van der Waals surface area contributed by atoms with Crippen molar-refractivity contribution in [2.75, 3.05) is 13.7 Å². The van der Waals surface area contributed by atoms with E-state index in [0.717, 1.165) is 11.1 Å². The summed E-state index contributed by atoms with van der Waals surface area (Å²) in [5, 5.41) is 14.7. The number of nitrogens with one attached hydrogen (secondary N) is 1. The molecule has 3 rings (SSSR count). The van der Waals surface area contributed by atoms with Crippen molar-refractivity contribution in [1.82, 2.24) is 5.43 Å². The van der Waals surface area contributed by atoms with Crippen LogP contribution in [0.15, 0.2) is 71.8 Å². The van der Waals surface area contributed by atoms with E-state index in [1.54, 1.807) is 48.5 Å². The van der Waals surface area contributed by atoms with Crippen molar-refractivity contribution in [1.29, 1.82) is 0 Å². The van der Waals surface area contributed by atoms with Gasteiger partial charge < -0.3 is 14.2 Å². The van der Waals surface area contributed by atoms with Gasteiger partial charge in [0.25, 0.3) is 11.6 Å². The number of hydrazone groups is 1. The molecule has 0 unspecified atom stereocenters. The smallest absolute Gasteiger partial charge is 0.271 e. The molecule has 1 N–H and O–H groups in total. The molecule has 0 bridgehead atoms. The fraction of sp³-hybridized carbons (Fsp3) is 0.167. The largest absolute Gasteiger partial charge is 0.493 e. The summed E-state index contributed by atoms with van der Waals surface area (Å²) in [7, 11) is 1.51. The van der Waals surface area contributed by atoms with Gasteiger partial charge in [0, 0.05) is 17.7 Å². The molecule has 170 valence electrons. The molecule has 33 heavy (non-hydrogen) atoms. The van der Waals surface area contributed by atoms with Crippen LogP contribution in [0.5, 0.6) is 17.2 Å². The first-order valence-electron chi connectivity index (χ1n) is 10.1. The van der Waals surface area contributed by atoms with Crippen LogP contribution in [0.3, 0.4) is 0 Å². The van der Waals surface area contributed by atoms with Crippen LogP contribution in [0, 0.1) is 10.1 Å². The molecule has 3 aromatic carbocycles. The lowest BCUT2D eigenvalue weighted by Crippen LogP contribution is -2.17. The third-order valence-corrected chi connectivity index (χ3v) is 4.52. The molecule has 0 aliphatic rings. The molecule has 9 nitrogen and oxygen atoms in total. The lowest BCUT2D eigenvalue weighted by molar-refractivity contribution is -0.384. The predicted molar refractivity (Wildman–Crippen MR) is 123 cm³/mol. The fourth-order valence-electron chi connectivity index (χ4n) is 2.88. The second kappa shape index (κ2) is 11.3. The summed E-state index contributed by atoms with van der Waals surface area (Å²) in [5.41, 5.74) is 4.42. The maximum Gasteiger partial charge on any atom is 0.271 e. The van der Waals surface area contributed by atoms with E-state index in [2.05, 4.69) is 10.5 Å². The van der Waals surface area contributed by atoms with Gasteiger partial charge in [0.1, 0.15) is 12.4 Å². The predicted octanol–water partition coefficient (Wildman–Crippen LogP) is 4.35. The number of ether oxygens (including phenoxy) is 3. The van der Waals surface area contributed by atoms with Crippen LogP contribution in [0.1, 0.15) is 28.4 Å². The summed E-state index contributed by atoms with van der Waals surface area (Å²) in [6.07, 6.45) is 1.50. The third kappa shape index (κ3) is 6.54. The lowest BCUT2D eigenvalue weighted by atomic mass is 10.2. The number of benzene rings is 3. The molecule has 0 spiro atoms. The molecule has 1 amide bonds. The molecule has 0 saturated carbocycles. The monoisotopic (exact) mass is 449 g/mol. The zero-order valence-corrected chi connectivity index (χ0v) is 18.2. The highest BCUT2D eigenvalue weighted by Crippen LogP contribution is 2.28. The standard InChI is InChI=1S/C24H23N3O6/c1-3-32-22-12-9-19(14-23(22)31-2)24(28)26-25-15-18-5-4-6-21(13-18)33-16-17-7-10-20(11-8-17)27(29)30/h4-15H,3,16H2,1-2H3,(H,26,28)/b25-15+. The van der Waals surface area contributed by atoms with Gasteiger partial charge in [-0.05, 0) is 60.5 Å². The molecule has 0 aliphatic heterocycles. The second-order valence-electron chi connectivity index (χ2n) is 6.78. The minimum atomic E-state index is -0.446. The van der Waals surface area contributed by atoms with Crippen molar-refractivity contribution in [2.45, 2.75) is 13.5 Å². The zero-order chi connectivity index (χ0) is 23.6. The Balaban J connectivity index is 1.57. The fourth-order valence-corrected chi connectivity index (χ4v) is 2.88. The molecule has 3 aromatic rings. The van der Waals surface area contributed by atoms with Gasteiger partial charge in [0.15, 0.2) is 11.5 Å². The summed E-state index contributed by atoms with van der Waals surface area (Å²) < 4.78 is 16.5. The molecule has 0 atom stereocenters. The molecule has 0 saturated heterocycles. The van der Waals surface area contributed by atoms with Gasteiger partial charge in [-0.15, -0.1) is 0 Å². The number of hydrogen-bond acceptors (Lipinski definition) is 7. The van der Waals surface area contributed by atoms with Crippen LogP contribution in [-0.4, -0.2) is 30.8 Å².